The molecule has 32 heavy (non-hydrogen) atoms. The Morgan fingerprint density at radius 2 is 1.56 bits per heavy atom. The molecule has 3 aromatic carbocycles. The molecule has 0 aliphatic carbocycles. The number of nitrogens with one attached hydrogen (secondary N) is 1. The van der Waals surface area contributed by atoms with E-state index in [1.807, 2.05) is 54.6 Å². The Morgan fingerprint density at radius 3 is 2.28 bits per heavy atom. The van der Waals surface area contributed by atoms with Gasteiger partial charge >= 0.3 is 5.97 Å². The maximum Gasteiger partial charge on any atom is 0.330 e. The molecular formula is C25H22N2O4S. The van der Waals surface area contributed by atoms with Gasteiger partial charge in [-0.1, -0.05) is 72.8 Å². The highest BCUT2D eigenvalue weighted by Gasteiger charge is 2.28. The van der Waals surface area contributed by atoms with E-state index in [1.54, 1.807) is 31.3 Å². The molecule has 7 heteroatoms. The highest BCUT2D eigenvalue weighted by molar-refractivity contribution is 7.89. The summed E-state index contributed by atoms with van der Waals surface area (Å²) in [4.78, 5) is 17.6. The maximum atomic E-state index is 13.2. The van der Waals surface area contributed by atoms with Crippen molar-refractivity contribution >= 4 is 26.8 Å². The Kier molecular flexibility index (Phi) is 6.30. The number of esters is 1. The normalized spacial score (nSPS) is 12.4. The second kappa shape index (κ2) is 9.30. The van der Waals surface area contributed by atoms with Gasteiger partial charge < -0.3 is 4.74 Å². The number of hydrogen-bond acceptors (Lipinski definition) is 5. The molecule has 4 aromatic rings. The third-order valence-corrected chi connectivity index (χ3v) is 6.54. The fourth-order valence-corrected chi connectivity index (χ4v) is 4.62. The molecule has 0 spiro atoms. The van der Waals surface area contributed by atoms with Crippen molar-refractivity contribution in [2.45, 2.75) is 24.3 Å². The number of aryl methyl sites for hydroxylation is 1. The number of benzene rings is 3. The van der Waals surface area contributed by atoms with Crippen LogP contribution in [-0.2, 0) is 21.2 Å². The number of carbonyl (C=O) groups excluding carboxylic acids is 1. The van der Waals surface area contributed by atoms with Gasteiger partial charge in [-0.05, 0) is 31.0 Å². The van der Waals surface area contributed by atoms with Crippen LogP contribution in [0.4, 0.5) is 0 Å². The van der Waals surface area contributed by atoms with Crippen molar-refractivity contribution in [3.05, 3.63) is 102 Å². The highest BCUT2D eigenvalue weighted by atomic mass is 32.2. The number of rotatable bonds is 7. The fraction of sp³-hybridized carbons (Fsp3) is 0.120. The van der Waals surface area contributed by atoms with Gasteiger partial charge in [-0.2, -0.15) is 4.72 Å². The van der Waals surface area contributed by atoms with Crippen LogP contribution < -0.4 is 9.46 Å². The van der Waals surface area contributed by atoms with Gasteiger partial charge in [0.15, 0.2) is 5.75 Å². The Hall–Kier alpha value is -3.55. The van der Waals surface area contributed by atoms with Crippen LogP contribution in [0.2, 0.25) is 0 Å². The summed E-state index contributed by atoms with van der Waals surface area (Å²) in [6, 6.07) is 23.4. The van der Waals surface area contributed by atoms with Gasteiger partial charge in [0.05, 0.1) is 10.6 Å². The zero-order chi connectivity index (χ0) is 22.6. The minimum absolute atomic E-state index is 0.0777. The first-order chi connectivity index (χ1) is 15.4. The number of ether oxygens (including phenoxy) is 1. The van der Waals surface area contributed by atoms with Crippen LogP contribution >= 0.6 is 0 Å². The number of nitrogens with zero attached hydrogens (tertiary/aromatic N) is 1. The minimum Gasteiger partial charge on any atom is -0.423 e. The van der Waals surface area contributed by atoms with Gasteiger partial charge in [0.2, 0.25) is 10.0 Å². The average Bonchev–Trinajstić information content (AvgIpc) is 2.81. The number of fused-ring (bicyclic) bond motifs is 1. The molecule has 0 unspecified atom stereocenters. The molecule has 4 rings (SSSR count). The zero-order valence-electron chi connectivity index (χ0n) is 17.4. The lowest BCUT2D eigenvalue weighted by atomic mass is 10.1. The molecule has 0 aliphatic rings. The lowest BCUT2D eigenvalue weighted by Crippen LogP contribution is -2.44. The van der Waals surface area contributed by atoms with Crippen molar-refractivity contribution in [2.24, 2.45) is 0 Å². The van der Waals surface area contributed by atoms with Crippen molar-refractivity contribution in [1.29, 1.82) is 0 Å². The van der Waals surface area contributed by atoms with Crippen LogP contribution in [0.3, 0.4) is 0 Å². The molecule has 0 amide bonds. The molecule has 1 atom stereocenters. The fourth-order valence-electron chi connectivity index (χ4n) is 3.41. The van der Waals surface area contributed by atoms with Gasteiger partial charge in [-0.3, -0.25) is 4.98 Å². The Labute approximate surface area is 186 Å². The summed E-state index contributed by atoms with van der Waals surface area (Å²) < 4.78 is 34.1. The summed E-state index contributed by atoms with van der Waals surface area (Å²) in [5, 5.41) is 1.56. The first-order valence-corrected chi connectivity index (χ1v) is 11.6. The average molecular weight is 447 g/mol. The first-order valence-electron chi connectivity index (χ1n) is 10.1. The van der Waals surface area contributed by atoms with E-state index in [2.05, 4.69) is 9.71 Å². The van der Waals surface area contributed by atoms with Crippen LogP contribution in [0.5, 0.6) is 5.75 Å². The summed E-state index contributed by atoms with van der Waals surface area (Å²) in [5.41, 5.74) is 1.35. The van der Waals surface area contributed by atoms with E-state index in [-0.39, 0.29) is 11.3 Å². The first kappa shape index (κ1) is 21.7. The van der Waals surface area contributed by atoms with E-state index >= 15 is 0 Å². The molecule has 162 valence electrons. The van der Waals surface area contributed by atoms with Crippen LogP contribution in [0.1, 0.15) is 11.3 Å². The van der Waals surface area contributed by atoms with Crippen molar-refractivity contribution < 1.29 is 17.9 Å². The molecule has 1 aromatic heterocycles. The Balaban J connectivity index is 1.67. The molecule has 0 saturated heterocycles. The largest absolute Gasteiger partial charge is 0.423 e. The van der Waals surface area contributed by atoms with E-state index in [0.717, 1.165) is 16.3 Å². The molecule has 0 bridgehead atoms. The lowest BCUT2D eigenvalue weighted by Gasteiger charge is -2.19. The highest BCUT2D eigenvalue weighted by Crippen LogP contribution is 2.28. The lowest BCUT2D eigenvalue weighted by molar-refractivity contribution is -0.136. The molecule has 0 radical (unpaired) electrons. The maximum absolute atomic E-state index is 13.2. The topological polar surface area (TPSA) is 85.4 Å². The van der Waals surface area contributed by atoms with Crippen LogP contribution in [-0.4, -0.2) is 25.4 Å². The minimum atomic E-state index is -3.94. The molecule has 1 heterocycles. The van der Waals surface area contributed by atoms with E-state index in [9.17, 15) is 13.2 Å². The number of sulfonamides is 1. The summed E-state index contributed by atoms with van der Waals surface area (Å²) in [6.07, 6.45) is 1.85. The van der Waals surface area contributed by atoms with E-state index in [1.165, 1.54) is 12.1 Å². The van der Waals surface area contributed by atoms with Crippen LogP contribution in [0.25, 0.3) is 10.8 Å². The predicted octanol–water partition coefficient (Wildman–Crippen LogP) is 4.04. The van der Waals surface area contributed by atoms with Crippen LogP contribution in [0.15, 0.2) is 96.0 Å². The summed E-state index contributed by atoms with van der Waals surface area (Å²) in [5.74, 6) is -0.375. The third-order valence-electron chi connectivity index (χ3n) is 5.05. The van der Waals surface area contributed by atoms with Gasteiger partial charge in [-0.15, -0.1) is 0 Å². The second-order valence-corrected chi connectivity index (χ2v) is 9.07. The smallest absolute Gasteiger partial charge is 0.330 e. The van der Waals surface area contributed by atoms with Crippen molar-refractivity contribution in [3.63, 3.8) is 0 Å². The molecule has 6 nitrogen and oxygen atoms in total. The van der Waals surface area contributed by atoms with Gasteiger partial charge in [0, 0.05) is 17.0 Å². The van der Waals surface area contributed by atoms with Crippen LogP contribution in [0, 0.1) is 6.92 Å². The third kappa shape index (κ3) is 4.85. The second-order valence-electron chi connectivity index (χ2n) is 7.36. The zero-order valence-corrected chi connectivity index (χ0v) is 18.2. The quantitative estimate of drug-likeness (QED) is 0.433. The standard InChI is InChI=1S/C25H22N2O4S/c1-18-24(22-15-9-8-12-20(22)17-26-18)31-25(28)23(16-19-10-4-2-5-11-19)27-32(29,30)21-13-6-3-7-14-21/h2-15,17,23,27H,16H2,1H3/t23-/m0/s1. The van der Waals surface area contributed by atoms with E-state index in [0.29, 0.717) is 11.4 Å². The number of carbonyl (C=O) groups is 1. The monoisotopic (exact) mass is 446 g/mol. The van der Waals surface area contributed by atoms with Crippen molar-refractivity contribution in [2.75, 3.05) is 0 Å². The van der Waals surface area contributed by atoms with Gasteiger partial charge in [0.1, 0.15) is 6.04 Å². The summed E-state index contributed by atoms with van der Waals surface area (Å²) in [6.45, 7) is 1.75. The molecular weight excluding hydrogens is 424 g/mol. The van der Waals surface area contributed by atoms with Gasteiger partial charge in [-0.25, -0.2) is 13.2 Å². The van der Waals surface area contributed by atoms with Crippen molar-refractivity contribution in [1.82, 2.24) is 9.71 Å². The van der Waals surface area contributed by atoms with Gasteiger partial charge in [0.25, 0.3) is 0 Å². The molecule has 1 N–H and O–H groups in total. The predicted molar refractivity (Wildman–Crippen MR) is 123 cm³/mol. The van der Waals surface area contributed by atoms with Crippen molar-refractivity contribution in [3.8, 4) is 5.75 Å². The molecule has 0 aliphatic heterocycles. The summed E-state index contributed by atoms with van der Waals surface area (Å²) in [7, 11) is -3.94. The Morgan fingerprint density at radius 1 is 0.938 bits per heavy atom. The summed E-state index contributed by atoms with van der Waals surface area (Å²) >= 11 is 0. The Bertz CT molecular complexity index is 1340. The molecule has 0 saturated carbocycles. The number of pyridine rings is 1. The number of aromatic nitrogens is 1. The molecule has 0 fully saturated rings. The SMILES string of the molecule is Cc1ncc2ccccc2c1OC(=O)[C@H](Cc1ccccc1)NS(=O)(=O)c1ccccc1. The van der Waals surface area contributed by atoms with E-state index < -0.39 is 22.0 Å². The number of hydrogen-bond donors (Lipinski definition) is 1. The van der Waals surface area contributed by atoms with E-state index in [4.69, 9.17) is 4.74 Å².